The van der Waals surface area contributed by atoms with Crippen molar-refractivity contribution >= 4 is 0 Å². The Balaban J connectivity index is 2.31. The summed E-state index contributed by atoms with van der Waals surface area (Å²) in [6.07, 6.45) is -0.0158. The molecule has 1 aromatic rings. The van der Waals surface area contributed by atoms with Crippen molar-refractivity contribution in [2.75, 3.05) is 19.6 Å². The molecule has 0 aromatic heterocycles. The maximum atomic E-state index is 13.4. The molecule has 1 heterocycles. The molecule has 2 N–H and O–H groups in total. The number of hydrogen-bond donors (Lipinski definition) is 1. The van der Waals surface area contributed by atoms with Gasteiger partial charge in [-0.05, 0) is 38.5 Å². The van der Waals surface area contributed by atoms with E-state index in [1.165, 1.54) is 0 Å². The fourth-order valence-corrected chi connectivity index (χ4v) is 3.00. The van der Waals surface area contributed by atoms with Crippen molar-refractivity contribution in [2.24, 2.45) is 5.73 Å². The van der Waals surface area contributed by atoms with E-state index in [9.17, 15) is 13.2 Å². The Morgan fingerprint density at radius 1 is 1.33 bits per heavy atom. The quantitative estimate of drug-likeness (QED) is 0.872. The topological polar surface area (TPSA) is 38.5 Å². The van der Waals surface area contributed by atoms with Crippen LogP contribution in [0.3, 0.4) is 0 Å². The molecule has 2 rings (SSSR count). The molecule has 21 heavy (non-hydrogen) atoms. The minimum Gasteiger partial charge on any atom is -0.370 e. The maximum absolute atomic E-state index is 13.4. The third-order valence-corrected chi connectivity index (χ3v) is 3.65. The SMILES string of the molecule is CC1CN(C(CN)c2cc(F)c(F)c(F)c2)CC(C)(C)O1. The molecule has 1 fully saturated rings. The standard InChI is InChI=1S/C15H21F3N2O/c1-9-7-20(8-15(2,3)21-9)13(6-19)10-4-11(16)14(18)12(17)5-10/h4-5,9,13H,6-8,19H2,1-3H3. The number of benzene rings is 1. The molecule has 0 saturated carbocycles. The van der Waals surface area contributed by atoms with Crippen LogP contribution in [0.25, 0.3) is 0 Å². The predicted octanol–water partition coefficient (Wildman–Crippen LogP) is 2.60. The van der Waals surface area contributed by atoms with Crippen molar-refractivity contribution in [3.63, 3.8) is 0 Å². The van der Waals surface area contributed by atoms with Gasteiger partial charge in [0.05, 0.1) is 11.7 Å². The zero-order valence-electron chi connectivity index (χ0n) is 12.5. The monoisotopic (exact) mass is 302 g/mol. The van der Waals surface area contributed by atoms with Gasteiger partial charge in [0, 0.05) is 25.7 Å². The van der Waals surface area contributed by atoms with Crippen molar-refractivity contribution in [2.45, 2.75) is 38.5 Å². The number of rotatable bonds is 3. The van der Waals surface area contributed by atoms with Crippen LogP contribution in [-0.2, 0) is 4.74 Å². The van der Waals surface area contributed by atoms with Crippen molar-refractivity contribution in [3.8, 4) is 0 Å². The van der Waals surface area contributed by atoms with Crippen LogP contribution in [0.1, 0.15) is 32.4 Å². The molecule has 0 radical (unpaired) electrons. The van der Waals surface area contributed by atoms with Gasteiger partial charge in [0.2, 0.25) is 0 Å². The minimum absolute atomic E-state index is 0.0158. The highest BCUT2D eigenvalue weighted by Crippen LogP contribution is 2.29. The Morgan fingerprint density at radius 2 is 1.90 bits per heavy atom. The van der Waals surface area contributed by atoms with E-state index in [1.54, 1.807) is 0 Å². The first-order valence-corrected chi connectivity index (χ1v) is 7.00. The number of nitrogens with two attached hydrogens (primary N) is 1. The second-order valence-electron chi connectivity index (χ2n) is 6.17. The fourth-order valence-electron chi connectivity index (χ4n) is 3.00. The lowest BCUT2D eigenvalue weighted by Crippen LogP contribution is -2.53. The largest absolute Gasteiger partial charge is 0.370 e. The van der Waals surface area contributed by atoms with Gasteiger partial charge in [-0.1, -0.05) is 0 Å². The van der Waals surface area contributed by atoms with E-state index < -0.39 is 17.5 Å². The molecule has 0 aliphatic carbocycles. The van der Waals surface area contributed by atoms with Crippen LogP contribution in [0.4, 0.5) is 13.2 Å². The first kappa shape index (κ1) is 16.3. The van der Waals surface area contributed by atoms with E-state index >= 15 is 0 Å². The first-order valence-electron chi connectivity index (χ1n) is 7.00. The Morgan fingerprint density at radius 3 is 2.38 bits per heavy atom. The van der Waals surface area contributed by atoms with E-state index in [-0.39, 0.29) is 24.3 Å². The molecule has 1 saturated heterocycles. The Labute approximate surface area is 122 Å². The van der Waals surface area contributed by atoms with Crippen molar-refractivity contribution < 1.29 is 17.9 Å². The second-order valence-corrected chi connectivity index (χ2v) is 6.17. The number of ether oxygens (including phenoxy) is 1. The summed E-state index contributed by atoms with van der Waals surface area (Å²) < 4.78 is 45.8. The molecule has 118 valence electrons. The van der Waals surface area contributed by atoms with Gasteiger partial charge in [-0.15, -0.1) is 0 Å². The average molecular weight is 302 g/mol. The molecular formula is C15H21F3N2O. The van der Waals surface area contributed by atoms with Gasteiger partial charge >= 0.3 is 0 Å². The molecule has 2 unspecified atom stereocenters. The summed E-state index contributed by atoms with van der Waals surface area (Å²) in [4.78, 5) is 2.03. The van der Waals surface area contributed by atoms with Crippen LogP contribution in [0.2, 0.25) is 0 Å². The lowest BCUT2D eigenvalue weighted by atomic mass is 9.99. The molecule has 1 aliphatic rings. The summed E-state index contributed by atoms with van der Waals surface area (Å²) in [7, 11) is 0. The summed E-state index contributed by atoms with van der Waals surface area (Å²) in [5.74, 6) is -3.83. The zero-order valence-corrected chi connectivity index (χ0v) is 12.5. The van der Waals surface area contributed by atoms with Gasteiger partial charge in [-0.25, -0.2) is 13.2 Å². The fraction of sp³-hybridized carbons (Fsp3) is 0.600. The molecule has 0 bridgehead atoms. The third-order valence-electron chi connectivity index (χ3n) is 3.65. The van der Waals surface area contributed by atoms with Crippen LogP contribution in [-0.4, -0.2) is 36.2 Å². The van der Waals surface area contributed by atoms with E-state index in [1.807, 2.05) is 25.7 Å². The van der Waals surface area contributed by atoms with Crippen LogP contribution in [0.15, 0.2) is 12.1 Å². The molecule has 1 aliphatic heterocycles. The third kappa shape index (κ3) is 3.56. The van der Waals surface area contributed by atoms with Gasteiger partial charge in [0.1, 0.15) is 0 Å². The molecule has 6 heteroatoms. The van der Waals surface area contributed by atoms with Gasteiger partial charge in [0.25, 0.3) is 0 Å². The van der Waals surface area contributed by atoms with E-state index in [4.69, 9.17) is 10.5 Å². The number of nitrogens with zero attached hydrogens (tertiary/aromatic N) is 1. The number of hydrogen-bond acceptors (Lipinski definition) is 3. The molecule has 1 aromatic carbocycles. The van der Waals surface area contributed by atoms with Crippen molar-refractivity contribution in [1.29, 1.82) is 0 Å². The van der Waals surface area contributed by atoms with E-state index in [0.717, 1.165) is 12.1 Å². The van der Waals surface area contributed by atoms with Crippen LogP contribution in [0.5, 0.6) is 0 Å². The number of morpholine rings is 1. The Kier molecular flexibility index (Phi) is 4.60. The second kappa shape index (κ2) is 5.94. The molecule has 2 atom stereocenters. The van der Waals surface area contributed by atoms with Crippen molar-refractivity contribution in [3.05, 3.63) is 35.1 Å². The summed E-state index contributed by atoms with van der Waals surface area (Å²) in [5, 5.41) is 0. The molecule has 0 amide bonds. The van der Waals surface area contributed by atoms with E-state index in [0.29, 0.717) is 18.7 Å². The van der Waals surface area contributed by atoms with Gasteiger partial charge < -0.3 is 10.5 Å². The average Bonchev–Trinajstić information content (AvgIpc) is 2.34. The lowest BCUT2D eigenvalue weighted by Gasteiger charge is -2.45. The smallest absolute Gasteiger partial charge is 0.194 e. The van der Waals surface area contributed by atoms with Crippen LogP contribution in [0, 0.1) is 17.5 Å². The van der Waals surface area contributed by atoms with Crippen LogP contribution >= 0.6 is 0 Å². The van der Waals surface area contributed by atoms with Crippen LogP contribution < -0.4 is 5.73 Å². The zero-order chi connectivity index (χ0) is 15.8. The summed E-state index contributed by atoms with van der Waals surface area (Å²) in [6.45, 7) is 7.22. The molecule has 0 spiro atoms. The number of halogens is 3. The normalized spacial score (nSPS) is 24.0. The van der Waals surface area contributed by atoms with Gasteiger partial charge in [0.15, 0.2) is 17.5 Å². The highest BCUT2D eigenvalue weighted by Gasteiger charge is 2.35. The minimum atomic E-state index is -1.45. The lowest BCUT2D eigenvalue weighted by molar-refractivity contribution is -0.137. The Bertz CT molecular complexity index is 499. The highest BCUT2D eigenvalue weighted by atomic mass is 19.2. The van der Waals surface area contributed by atoms with Gasteiger partial charge in [-0.2, -0.15) is 0 Å². The highest BCUT2D eigenvalue weighted by molar-refractivity contribution is 5.23. The van der Waals surface area contributed by atoms with Gasteiger partial charge in [-0.3, -0.25) is 4.90 Å². The first-order chi connectivity index (χ1) is 9.73. The van der Waals surface area contributed by atoms with Crippen molar-refractivity contribution in [1.82, 2.24) is 4.90 Å². The predicted molar refractivity (Wildman–Crippen MR) is 74.3 cm³/mol. The molecule has 3 nitrogen and oxygen atoms in total. The van der Waals surface area contributed by atoms with E-state index in [2.05, 4.69) is 0 Å². The Hall–Kier alpha value is -1.11. The summed E-state index contributed by atoms with van der Waals surface area (Å²) >= 11 is 0. The maximum Gasteiger partial charge on any atom is 0.194 e. The summed E-state index contributed by atoms with van der Waals surface area (Å²) in [6, 6.07) is 1.66. The molecular weight excluding hydrogens is 281 g/mol. The summed E-state index contributed by atoms with van der Waals surface area (Å²) in [5.41, 5.74) is 5.76.